The van der Waals surface area contributed by atoms with Gasteiger partial charge in [0.05, 0.1) is 11.5 Å². The second-order valence-electron chi connectivity index (χ2n) is 5.29. The maximum Gasteiger partial charge on any atom is 0.290 e. The van der Waals surface area contributed by atoms with Gasteiger partial charge in [0, 0.05) is 18.3 Å². The van der Waals surface area contributed by atoms with E-state index in [4.69, 9.17) is 4.74 Å². The van der Waals surface area contributed by atoms with Gasteiger partial charge in [-0.25, -0.2) is 0 Å². The Morgan fingerprint density at radius 3 is 2.67 bits per heavy atom. The van der Waals surface area contributed by atoms with Crippen molar-refractivity contribution >= 4 is 29.0 Å². The summed E-state index contributed by atoms with van der Waals surface area (Å²) in [6.07, 6.45) is 4.22. The molecule has 122 valence electrons. The largest absolute Gasteiger partial charge is 0.493 e. The molecule has 3 rings (SSSR count). The summed E-state index contributed by atoms with van der Waals surface area (Å²) in [5.41, 5.74) is 3.04. The number of ether oxygens (including phenoxy) is 1. The Hall–Kier alpha value is -2.60. The van der Waals surface area contributed by atoms with E-state index in [1.165, 1.54) is 0 Å². The molecular weight excluding hydrogens is 324 g/mol. The molecule has 1 fully saturated rings. The van der Waals surface area contributed by atoms with E-state index in [0.29, 0.717) is 11.5 Å². The Kier molecular flexibility index (Phi) is 4.96. The number of thioether (sulfide) groups is 1. The number of nitrogens with one attached hydrogen (secondary N) is 1. The number of aromatic nitrogens is 1. The Balaban J connectivity index is 1.57. The van der Waals surface area contributed by atoms with Gasteiger partial charge < -0.3 is 4.74 Å². The number of hydrogen-bond donors (Lipinski definition) is 1. The number of nitrogens with zero attached hydrogens (tertiary/aromatic N) is 1. The quantitative estimate of drug-likeness (QED) is 0.846. The van der Waals surface area contributed by atoms with Gasteiger partial charge in [-0.05, 0) is 54.1 Å². The molecule has 1 aromatic carbocycles. The van der Waals surface area contributed by atoms with Crippen LogP contribution >= 0.6 is 11.8 Å². The van der Waals surface area contributed by atoms with Crippen LogP contribution in [0.4, 0.5) is 4.79 Å². The summed E-state index contributed by atoms with van der Waals surface area (Å²) in [7, 11) is 0. The van der Waals surface area contributed by atoms with Gasteiger partial charge in [0.15, 0.2) is 0 Å². The van der Waals surface area contributed by atoms with E-state index in [1.807, 2.05) is 43.3 Å². The zero-order chi connectivity index (χ0) is 16.9. The lowest BCUT2D eigenvalue weighted by Gasteiger charge is -2.07. The van der Waals surface area contributed by atoms with Crippen LogP contribution in [0, 0.1) is 6.92 Å². The van der Waals surface area contributed by atoms with Crippen LogP contribution in [-0.2, 0) is 11.2 Å². The van der Waals surface area contributed by atoms with Crippen LogP contribution in [-0.4, -0.2) is 22.7 Å². The molecule has 0 atom stereocenters. The summed E-state index contributed by atoms with van der Waals surface area (Å²) >= 11 is 0.909. The molecule has 6 heteroatoms. The summed E-state index contributed by atoms with van der Waals surface area (Å²) in [5, 5.41) is 1.90. The lowest BCUT2D eigenvalue weighted by atomic mass is 10.2. The van der Waals surface area contributed by atoms with E-state index in [2.05, 4.69) is 10.3 Å². The SMILES string of the molecule is Cc1cccnc1CCOc1ccc(/C=C2\SC(=O)NC2=O)cc1. The summed E-state index contributed by atoms with van der Waals surface area (Å²) in [6.45, 7) is 2.58. The monoisotopic (exact) mass is 340 g/mol. The zero-order valence-electron chi connectivity index (χ0n) is 13.1. The second-order valence-corrected chi connectivity index (χ2v) is 6.30. The molecule has 1 aromatic heterocycles. The summed E-state index contributed by atoms with van der Waals surface area (Å²) in [4.78, 5) is 27.4. The molecule has 0 spiro atoms. The smallest absolute Gasteiger partial charge is 0.290 e. The molecule has 24 heavy (non-hydrogen) atoms. The fourth-order valence-electron chi connectivity index (χ4n) is 2.28. The maximum atomic E-state index is 11.5. The minimum absolute atomic E-state index is 0.337. The molecule has 2 amide bonds. The molecular formula is C18H16N2O3S. The third kappa shape index (κ3) is 4.02. The number of benzene rings is 1. The van der Waals surface area contributed by atoms with Gasteiger partial charge >= 0.3 is 0 Å². The zero-order valence-corrected chi connectivity index (χ0v) is 13.9. The standard InChI is InChI=1S/C18H16N2O3S/c1-12-3-2-9-19-15(12)8-10-23-14-6-4-13(5-7-14)11-16-17(21)20-18(22)24-16/h2-7,9,11H,8,10H2,1H3,(H,20,21,22)/b16-11-. The maximum absolute atomic E-state index is 11.5. The van der Waals surface area contributed by atoms with Crippen molar-refractivity contribution in [2.24, 2.45) is 0 Å². The molecule has 5 nitrogen and oxygen atoms in total. The molecule has 1 aliphatic rings. The van der Waals surface area contributed by atoms with Crippen LogP contribution in [0.15, 0.2) is 47.5 Å². The van der Waals surface area contributed by atoms with Crippen LogP contribution in [0.25, 0.3) is 6.08 Å². The van der Waals surface area contributed by atoms with E-state index in [1.54, 1.807) is 12.3 Å². The van der Waals surface area contributed by atoms with Crippen molar-refractivity contribution in [2.75, 3.05) is 6.61 Å². The first kappa shape index (κ1) is 16.3. The summed E-state index contributed by atoms with van der Waals surface area (Å²) < 4.78 is 5.73. The van der Waals surface area contributed by atoms with Gasteiger partial charge in [0.25, 0.3) is 11.1 Å². The molecule has 1 saturated heterocycles. The Labute approximate surface area is 144 Å². The van der Waals surface area contributed by atoms with E-state index in [-0.39, 0.29) is 11.1 Å². The average molecular weight is 340 g/mol. The first-order valence-corrected chi connectivity index (χ1v) is 8.32. The molecule has 2 aromatic rings. The Bertz CT molecular complexity index is 800. The fraction of sp³-hybridized carbons (Fsp3) is 0.167. The van der Waals surface area contributed by atoms with E-state index in [9.17, 15) is 9.59 Å². The Morgan fingerprint density at radius 1 is 1.21 bits per heavy atom. The lowest BCUT2D eigenvalue weighted by molar-refractivity contribution is -0.115. The van der Waals surface area contributed by atoms with Crippen molar-refractivity contribution in [2.45, 2.75) is 13.3 Å². The van der Waals surface area contributed by atoms with Crippen LogP contribution in [0.5, 0.6) is 5.75 Å². The normalized spacial score (nSPS) is 15.6. The first-order valence-electron chi connectivity index (χ1n) is 7.50. The van der Waals surface area contributed by atoms with Crippen molar-refractivity contribution in [1.29, 1.82) is 0 Å². The van der Waals surface area contributed by atoms with Crippen LogP contribution in [0.2, 0.25) is 0 Å². The number of carbonyl (C=O) groups excluding carboxylic acids is 2. The highest BCUT2D eigenvalue weighted by Crippen LogP contribution is 2.26. The van der Waals surface area contributed by atoms with Crippen LogP contribution in [0.1, 0.15) is 16.8 Å². The summed E-state index contributed by atoms with van der Waals surface area (Å²) in [6, 6.07) is 11.3. The summed E-state index contributed by atoms with van der Waals surface area (Å²) in [5.74, 6) is 0.404. The third-order valence-electron chi connectivity index (χ3n) is 3.55. The van der Waals surface area contributed by atoms with Gasteiger partial charge in [0.2, 0.25) is 0 Å². The van der Waals surface area contributed by atoms with Crippen molar-refractivity contribution in [3.8, 4) is 5.75 Å². The van der Waals surface area contributed by atoms with Gasteiger partial charge in [-0.2, -0.15) is 0 Å². The predicted octanol–water partition coefficient (Wildman–Crippen LogP) is 3.34. The van der Waals surface area contributed by atoms with Gasteiger partial charge in [-0.3, -0.25) is 19.9 Å². The van der Waals surface area contributed by atoms with Crippen molar-refractivity contribution in [3.63, 3.8) is 0 Å². The highest BCUT2D eigenvalue weighted by Gasteiger charge is 2.24. The molecule has 0 bridgehead atoms. The van der Waals surface area contributed by atoms with Crippen molar-refractivity contribution < 1.29 is 14.3 Å². The van der Waals surface area contributed by atoms with E-state index in [0.717, 1.165) is 40.8 Å². The van der Waals surface area contributed by atoms with Gasteiger partial charge in [-0.1, -0.05) is 18.2 Å². The lowest BCUT2D eigenvalue weighted by Crippen LogP contribution is -2.17. The molecule has 2 heterocycles. The van der Waals surface area contributed by atoms with Crippen LogP contribution < -0.4 is 10.1 Å². The number of pyridine rings is 1. The average Bonchev–Trinajstić information content (AvgIpc) is 2.88. The molecule has 1 aliphatic heterocycles. The molecule has 0 radical (unpaired) electrons. The van der Waals surface area contributed by atoms with Crippen molar-refractivity contribution in [1.82, 2.24) is 10.3 Å². The molecule has 1 N–H and O–H groups in total. The minimum Gasteiger partial charge on any atom is -0.493 e. The fourth-order valence-corrected chi connectivity index (χ4v) is 2.96. The highest BCUT2D eigenvalue weighted by molar-refractivity contribution is 8.18. The second kappa shape index (κ2) is 7.31. The topological polar surface area (TPSA) is 68.3 Å². The van der Waals surface area contributed by atoms with E-state index >= 15 is 0 Å². The molecule has 0 unspecified atom stereocenters. The Morgan fingerprint density at radius 2 is 2.00 bits per heavy atom. The number of aryl methyl sites for hydroxylation is 1. The number of amides is 2. The first-order chi connectivity index (χ1) is 11.6. The predicted molar refractivity (Wildman–Crippen MR) is 93.7 cm³/mol. The third-order valence-corrected chi connectivity index (χ3v) is 4.36. The van der Waals surface area contributed by atoms with Crippen molar-refractivity contribution in [3.05, 3.63) is 64.3 Å². The number of carbonyl (C=O) groups is 2. The van der Waals surface area contributed by atoms with Gasteiger partial charge in [0.1, 0.15) is 5.75 Å². The number of imide groups is 1. The van der Waals surface area contributed by atoms with Crippen LogP contribution in [0.3, 0.4) is 0 Å². The minimum atomic E-state index is -0.351. The van der Waals surface area contributed by atoms with Gasteiger partial charge in [-0.15, -0.1) is 0 Å². The molecule has 0 aliphatic carbocycles. The molecule has 0 saturated carbocycles. The number of rotatable bonds is 5. The van der Waals surface area contributed by atoms with E-state index < -0.39 is 0 Å². The highest BCUT2D eigenvalue weighted by atomic mass is 32.2. The number of hydrogen-bond acceptors (Lipinski definition) is 5.